The molecular formula is C41H65NO12. The minimum Gasteiger partial charge on any atom is -0.390 e. The van der Waals surface area contributed by atoms with Gasteiger partial charge in [0.25, 0.3) is 0 Å². The molecule has 5 aliphatic heterocycles. The van der Waals surface area contributed by atoms with Crippen LogP contribution in [0.15, 0.2) is 0 Å². The molecule has 0 aromatic carbocycles. The first-order valence-electron chi connectivity index (χ1n) is 21.3. The van der Waals surface area contributed by atoms with E-state index in [1.165, 1.54) is 32.1 Å². The fourth-order valence-electron chi connectivity index (χ4n) is 13.9. The lowest BCUT2D eigenvalue weighted by molar-refractivity contribution is -0.336. The maximum atomic E-state index is 12.5. The van der Waals surface area contributed by atoms with E-state index in [0.29, 0.717) is 42.4 Å². The Morgan fingerprint density at radius 1 is 0.667 bits per heavy atom. The minimum atomic E-state index is -0.989. The van der Waals surface area contributed by atoms with E-state index in [-0.39, 0.29) is 47.5 Å². The second kappa shape index (κ2) is 14.1. The summed E-state index contributed by atoms with van der Waals surface area (Å²) < 4.78 is 44.2. The normalized spacial score (nSPS) is 58.4. The van der Waals surface area contributed by atoms with Gasteiger partial charge < -0.3 is 58.9 Å². The Morgan fingerprint density at radius 2 is 1.28 bits per heavy atom. The topological polar surface area (TPSA) is 175 Å². The van der Waals surface area contributed by atoms with Crippen LogP contribution in [0.25, 0.3) is 0 Å². The van der Waals surface area contributed by atoms with Crippen molar-refractivity contribution in [2.75, 3.05) is 0 Å². The number of hydrogen-bond donors (Lipinski definition) is 5. The van der Waals surface area contributed by atoms with Gasteiger partial charge in [-0.3, -0.25) is 4.79 Å². The third-order valence-electron chi connectivity index (χ3n) is 16.7. The van der Waals surface area contributed by atoms with Gasteiger partial charge in [0.15, 0.2) is 18.9 Å². The molecule has 9 fully saturated rings. The molecule has 5 heterocycles. The lowest BCUT2D eigenvalue weighted by Gasteiger charge is -2.67. The average molecular weight is 764 g/mol. The van der Waals surface area contributed by atoms with E-state index in [0.717, 1.165) is 25.7 Å². The van der Waals surface area contributed by atoms with Crippen LogP contribution in [0.4, 0.5) is 0 Å². The van der Waals surface area contributed by atoms with Gasteiger partial charge in [0, 0.05) is 37.0 Å². The zero-order valence-corrected chi connectivity index (χ0v) is 32.7. The Morgan fingerprint density at radius 3 is 1.93 bits per heavy atom. The van der Waals surface area contributed by atoms with Crippen molar-refractivity contribution in [2.24, 2.45) is 40.4 Å². The van der Waals surface area contributed by atoms with Gasteiger partial charge in [-0.1, -0.05) is 13.8 Å². The Hall–Kier alpha value is -0.970. The van der Waals surface area contributed by atoms with Crippen LogP contribution in [0.5, 0.6) is 0 Å². The highest BCUT2D eigenvalue weighted by atomic mass is 16.7. The van der Waals surface area contributed by atoms with E-state index in [2.05, 4.69) is 19.2 Å². The molecule has 5 saturated heterocycles. The summed E-state index contributed by atoms with van der Waals surface area (Å²) in [5, 5.41) is 45.7. The molecule has 13 nitrogen and oxygen atoms in total. The molecule has 4 aliphatic carbocycles. The monoisotopic (exact) mass is 763 g/mol. The van der Waals surface area contributed by atoms with E-state index in [1.54, 1.807) is 13.8 Å². The molecule has 1 amide bonds. The maximum Gasteiger partial charge on any atom is 0.222 e. The number of aliphatic hydroxyl groups is 4. The van der Waals surface area contributed by atoms with Crippen LogP contribution in [0.2, 0.25) is 0 Å². The molecule has 0 aromatic heterocycles. The molecular weight excluding hydrogens is 698 g/mol. The number of carbonyl (C=O) groups excluding carboxylic acids is 1. The molecule has 54 heavy (non-hydrogen) atoms. The molecule has 4 saturated carbocycles. The number of hydrogen-bond acceptors (Lipinski definition) is 12. The van der Waals surface area contributed by atoms with E-state index < -0.39 is 73.8 Å². The summed E-state index contributed by atoms with van der Waals surface area (Å²) in [6.07, 6.45) is 2.48. The first-order chi connectivity index (χ1) is 25.7. The van der Waals surface area contributed by atoms with Crippen molar-refractivity contribution in [3.8, 4) is 0 Å². The van der Waals surface area contributed by atoms with Crippen LogP contribution in [-0.4, -0.2) is 118 Å². The molecule has 9 rings (SSSR count). The number of fused-ring (bicyclic) bond motifs is 5. The number of rotatable bonds is 6. The minimum absolute atomic E-state index is 0.0693. The first-order valence-corrected chi connectivity index (χ1v) is 21.3. The number of ether oxygens (including phenoxy) is 7. The van der Waals surface area contributed by atoms with Gasteiger partial charge in [-0.2, -0.15) is 0 Å². The van der Waals surface area contributed by atoms with Gasteiger partial charge in [0.05, 0.1) is 48.3 Å². The quantitative estimate of drug-likeness (QED) is 0.251. The summed E-state index contributed by atoms with van der Waals surface area (Å²) in [7, 11) is 0. The lowest BCUT2D eigenvalue weighted by Crippen LogP contribution is -2.67. The van der Waals surface area contributed by atoms with Crippen molar-refractivity contribution in [3.05, 3.63) is 0 Å². The standard InChI is InChI=1S/C41H65NO12/c1-19-35(47)28(43)16-33(48-19)52-37-21(3)50-34(18-30(37)45)53-36-20(2)49-32(17-29(36)44)51-23-8-11-39(4)22(14-23)6-7-27-26(39)9-12-40(5)25-10-13-41(27,40)54-38-24(25)15-31(46)42-38/h19-30,32-38,43-45,47H,6-18H2,1-5H3,(H,42,46)/t19-,20-,21-,22?,23+,24?,25?,26-,27-,28+,29+,30+,32+,33?,34?,35-,36?,37?,38+,39+,40-,41+/m1/s1. The largest absolute Gasteiger partial charge is 0.390 e. The van der Waals surface area contributed by atoms with Gasteiger partial charge in [0.2, 0.25) is 5.91 Å². The van der Waals surface area contributed by atoms with Crippen LogP contribution >= 0.6 is 0 Å². The smallest absolute Gasteiger partial charge is 0.222 e. The van der Waals surface area contributed by atoms with Crippen LogP contribution in [0.3, 0.4) is 0 Å². The molecule has 5 N–H and O–H groups in total. The molecule has 7 unspecified atom stereocenters. The SMILES string of the molecule is C[C@H]1OC(OC2[C@@H](O)C[C@H](O[C@H]3CC[C@@]4(C)C(CC[C@@H]5[C@H]4CC[C@]4(C)C6CC[C@]54O[C@@H]4NC(=O)CC64)C3)O[C@@H]2C)C[C@H](O)C1OC1C[C@H](O)[C@H](O)[C@@H](C)O1. The summed E-state index contributed by atoms with van der Waals surface area (Å²) in [4.78, 5) is 12.5. The van der Waals surface area contributed by atoms with E-state index in [4.69, 9.17) is 33.2 Å². The third kappa shape index (κ3) is 6.16. The van der Waals surface area contributed by atoms with Gasteiger partial charge >= 0.3 is 0 Å². The third-order valence-corrected chi connectivity index (χ3v) is 16.7. The maximum absolute atomic E-state index is 12.5. The van der Waals surface area contributed by atoms with E-state index in [9.17, 15) is 25.2 Å². The molecule has 9 aliphatic rings. The van der Waals surface area contributed by atoms with Crippen molar-refractivity contribution >= 4 is 5.91 Å². The van der Waals surface area contributed by atoms with Crippen molar-refractivity contribution < 1.29 is 58.4 Å². The molecule has 306 valence electrons. The van der Waals surface area contributed by atoms with Crippen molar-refractivity contribution in [1.29, 1.82) is 0 Å². The van der Waals surface area contributed by atoms with Crippen molar-refractivity contribution in [1.82, 2.24) is 5.32 Å². The second-order valence-corrected chi connectivity index (χ2v) is 19.4. The molecule has 0 spiro atoms. The number of aliphatic hydroxyl groups excluding tert-OH is 4. The summed E-state index contributed by atoms with van der Waals surface area (Å²) >= 11 is 0. The molecule has 0 radical (unpaired) electrons. The fraction of sp³-hybridized carbons (Fsp3) is 0.976. The summed E-state index contributed by atoms with van der Waals surface area (Å²) in [5.74, 6) is 2.76. The van der Waals surface area contributed by atoms with Gasteiger partial charge in [0.1, 0.15) is 24.5 Å². The highest BCUT2D eigenvalue weighted by Crippen LogP contribution is 2.73. The molecule has 13 heteroatoms. The molecule has 2 bridgehead atoms. The molecule has 0 aromatic rings. The van der Waals surface area contributed by atoms with Crippen LogP contribution in [-0.2, 0) is 38.0 Å². The summed E-state index contributed by atoms with van der Waals surface area (Å²) in [6.45, 7) is 10.4. The number of nitrogens with one attached hydrogen (secondary N) is 1. The van der Waals surface area contributed by atoms with Gasteiger partial charge in [-0.15, -0.1) is 0 Å². The second-order valence-electron chi connectivity index (χ2n) is 19.4. The number of amides is 1. The average Bonchev–Trinajstić information content (AvgIpc) is 3.57. The number of carbonyl (C=O) groups is 1. The highest BCUT2D eigenvalue weighted by molar-refractivity contribution is 5.79. The Kier molecular flexibility index (Phi) is 10.1. The van der Waals surface area contributed by atoms with Crippen LogP contribution < -0.4 is 5.32 Å². The fourth-order valence-corrected chi connectivity index (χ4v) is 13.9. The van der Waals surface area contributed by atoms with Crippen LogP contribution in [0, 0.1) is 40.4 Å². The zero-order valence-electron chi connectivity index (χ0n) is 32.7. The lowest BCUT2D eigenvalue weighted by atomic mass is 9.42. The van der Waals surface area contributed by atoms with Gasteiger partial charge in [-0.25, -0.2) is 0 Å². The Labute approximate surface area is 319 Å². The molecule has 22 atom stereocenters. The van der Waals surface area contributed by atoms with E-state index >= 15 is 0 Å². The van der Waals surface area contributed by atoms with Crippen LogP contribution in [0.1, 0.15) is 118 Å². The van der Waals surface area contributed by atoms with Crippen molar-refractivity contribution in [2.45, 2.75) is 210 Å². The van der Waals surface area contributed by atoms with Gasteiger partial charge in [-0.05, 0) is 108 Å². The predicted octanol–water partition coefficient (Wildman–Crippen LogP) is 3.26. The van der Waals surface area contributed by atoms with Crippen molar-refractivity contribution in [3.63, 3.8) is 0 Å². The Balaban J connectivity index is 0.776. The highest BCUT2D eigenvalue weighted by Gasteiger charge is 2.73. The van der Waals surface area contributed by atoms with E-state index in [1.807, 2.05) is 6.92 Å². The first kappa shape index (κ1) is 38.5. The summed E-state index contributed by atoms with van der Waals surface area (Å²) in [6, 6.07) is 0. The summed E-state index contributed by atoms with van der Waals surface area (Å²) in [5.41, 5.74) is 0.252. The predicted molar refractivity (Wildman–Crippen MR) is 191 cm³/mol. The Bertz CT molecular complexity index is 1370. The zero-order chi connectivity index (χ0) is 37.9.